The quantitative estimate of drug-likeness (QED) is 0.443. The van der Waals surface area contributed by atoms with Crippen LogP contribution in [0.1, 0.15) is 21.7 Å². The van der Waals surface area contributed by atoms with Crippen molar-refractivity contribution in [3.8, 4) is 0 Å². The number of hydrogen-bond donors (Lipinski definition) is 2. The number of carbonyl (C=O) groups excluding carboxylic acids is 1. The Bertz CT molecular complexity index is 961. The number of thioether (sulfide) groups is 1. The van der Waals surface area contributed by atoms with E-state index in [1.54, 1.807) is 22.9 Å². The first kappa shape index (κ1) is 19.5. The molecule has 0 radical (unpaired) electrons. The second kappa shape index (κ2) is 9.12. The fourth-order valence-corrected chi connectivity index (χ4v) is 3.78. The molecule has 0 aliphatic carbocycles. The molecule has 0 saturated carbocycles. The summed E-state index contributed by atoms with van der Waals surface area (Å²) < 4.78 is 2.36. The Labute approximate surface area is 174 Å². The molecule has 3 rings (SSSR count). The molecule has 1 heterocycles. The summed E-state index contributed by atoms with van der Waals surface area (Å²) in [5, 5.41) is 11.7. The number of thiocarbonyl (C=S) groups is 1. The number of rotatable bonds is 5. The predicted molar refractivity (Wildman–Crippen MR) is 114 cm³/mol. The van der Waals surface area contributed by atoms with Crippen molar-refractivity contribution in [1.29, 1.82) is 0 Å². The van der Waals surface area contributed by atoms with Crippen LogP contribution in [0.2, 0.25) is 0 Å². The predicted octanol–water partition coefficient (Wildman–Crippen LogP) is 3.90. The fourth-order valence-electron chi connectivity index (χ4n) is 2.23. The first-order valence-corrected chi connectivity index (χ1v) is 10.2. The van der Waals surface area contributed by atoms with Crippen molar-refractivity contribution >= 4 is 50.9 Å². The van der Waals surface area contributed by atoms with Gasteiger partial charge in [-0.3, -0.25) is 15.5 Å². The monoisotopic (exact) mass is 461 g/mol. The Balaban J connectivity index is 1.65. The fraction of sp³-hybridized carbons (Fsp3) is 0.111. The molecule has 6 nitrogen and oxygen atoms in total. The highest BCUT2D eigenvalue weighted by molar-refractivity contribution is 9.10. The third kappa shape index (κ3) is 5.15. The maximum atomic E-state index is 12.4. The molecule has 0 aliphatic rings. The molecule has 9 heteroatoms. The first-order valence-electron chi connectivity index (χ1n) is 8.00. The molecule has 0 fully saturated rings. The van der Waals surface area contributed by atoms with Gasteiger partial charge in [0.15, 0.2) is 5.11 Å². The zero-order valence-electron chi connectivity index (χ0n) is 14.3. The summed E-state index contributed by atoms with van der Waals surface area (Å²) in [5.41, 5.74) is 4.65. The molecule has 2 aromatic carbocycles. The number of carbonyl (C=O) groups is 1. The molecular weight excluding hydrogens is 446 g/mol. The molecule has 0 aliphatic heterocycles. The van der Waals surface area contributed by atoms with Crippen LogP contribution in [0.4, 0.5) is 0 Å². The Morgan fingerprint density at radius 2 is 1.85 bits per heavy atom. The summed E-state index contributed by atoms with van der Waals surface area (Å²) in [6, 6.07) is 17.2. The van der Waals surface area contributed by atoms with Gasteiger partial charge in [-0.05, 0) is 52.8 Å². The van der Waals surface area contributed by atoms with Gasteiger partial charge < -0.3 is 0 Å². The van der Waals surface area contributed by atoms with Crippen molar-refractivity contribution in [2.45, 2.75) is 17.8 Å². The highest BCUT2D eigenvalue weighted by Crippen LogP contribution is 2.21. The van der Waals surface area contributed by atoms with Gasteiger partial charge in [0.2, 0.25) is 5.16 Å². The summed E-state index contributed by atoms with van der Waals surface area (Å²) in [7, 11) is 0. The Morgan fingerprint density at radius 3 is 2.59 bits per heavy atom. The van der Waals surface area contributed by atoms with Crippen molar-refractivity contribution in [2.24, 2.45) is 0 Å². The maximum absolute atomic E-state index is 12.4. The minimum Gasteiger partial charge on any atom is -0.298 e. The SMILES string of the molecule is Cc1nnc(SCc2ccccc2)n1NC(=S)NC(=O)c1ccccc1Br. The number of benzene rings is 2. The summed E-state index contributed by atoms with van der Waals surface area (Å²) in [6.07, 6.45) is 0. The number of aromatic nitrogens is 3. The van der Waals surface area contributed by atoms with Gasteiger partial charge in [0, 0.05) is 10.2 Å². The Kier molecular flexibility index (Phi) is 6.59. The van der Waals surface area contributed by atoms with Crippen molar-refractivity contribution in [1.82, 2.24) is 20.2 Å². The lowest BCUT2D eigenvalue weighted by atomic mass is 10.2. The van der Waals surface area contributed by atoms with Crippen LogP contribution in [-0.2, 0) is 5.75 Å². The number of aryl methyl sites for hydroxylation is 1. The van der Waals surface area contributed by atoms with Gasteiger partial charge >= 0.3 is 0 Å². The van der Waals surface area contributed by atoms with E-state index in [2.05, 4.69) is 49.0 Å². The molecule has 0 unspecified atom stereocenters. The minimum atomic E-state index is -0.302. The van der Waals surface area contributed by atoms with E-state index in [-0.39, 0.29) is 11.0 Å². The van der Waals surface area contributed by atoms with Crippen LogP contribution < -0.4 is 10.7 Å². The van der Waals surface area contributed by atoms with Crippen molar-refractivity contribution in [2.75, 3.05) is 5.43 Å². The number of nitrogens with zero attached hydrogens (tertiary/aromatic N) is 3. The molecule has 2 N–H and O–H groups in total. The van der Waals surface area contributed by atoms with Crippen LogP contribution in [0.5, 0.6) is 0 Å². The number of hydrogen-bond acceptors (Lipinski definition) is 5. The average Bonchev–Trinajstić information content (AvgIpc) is 3.01. The first-order chi connectivity index (χ1) is 13.0. The van der Waals surface area contributed by atoms with E-state index in [0.29, 0.717) is 21.0 Å². The molecule has 0 saturated heterocycles. The van der Waals surface area contributed by atoms with E-state index in [4.69, 9.17) is 12.2 Å². The normalized spacial score (nSPS) is 10.4. The van der Waals surface area contributed by atoms with Crippen LogP contribution in [0.3, 0.4) is 0 Å². The molecule has 0 atom stereocenters. The molecule has 0 spiro atoms. The van der Waals surface area contributed by atoms with E-state index < -0.39 is 0 Å². The van der Waals surface area contributed by atoms with Gasteiger partial charge in [0.05, 0.1) is 5.56 Å². The van der Waals surface area contributed by atoms with Crippen LogP contribution >= 0.6 is 39.9 Å². The van der Waals surface area contributed by atoms with Crippen LogP contribution in [0, 0.1) is 6.92 Å². The second-order valence-corrected chi connectivity index (χ2v) is 7.72. The van der Waals surface area contributed by atoms with E-state index in [9.17, 15) is 4.79 Å². The molecule has 1 aromatic heterocycles. The summed E-state index contributed by atoms with van der Waals surface area (Å²) >= 11 is 10.2. The smallest absolute Gasteiger partial charge is 0.258 e. The highest BCUT2D eigenvalue weighted by Gasteiger charge is 2.14. The zero-order chi connectivity index (χ0) is 19.2. The highest BCUT2D eigenvalue weighted by atomic mass is 79.9. The summed E-state index contributed by atoms with van der Waals surface area (Å²) in [5.74, 6) is 1.09. The molecule has 3 aromatic rings. The van der Waals surface area contributed by atoms with Crippen LogP contribution in [0.15, 0.2) is 64.2 Å². The third-order valence-electron chi connectivity index (χ3n) is 3.56. The van der Waals surface area contributed by atoms with Gasteiger partial charge in [0.1, 0.15) is 5.82 Å². The third-order valence-corrected chi connectivity index (χ3v) is 5.45. The van der Waals surface area contributed by atoms with Crippen LogP contribution in [0.25, 0.3) is 0 Å². The average molecular weight is 462 g/mol. The van der Waals surface area contributed by atoms with Gasteiger partial charge in [-0.15, -0.1) is 10.2 Å². The zero-order valence-corrected chi connectivity index (χ0v) is 17.6. The number of nitrogens with one attached hydrogen (secondary N) is 2. The Morgan fingerprint density at radius 1 is 1.15 bits per heavy atom. The number of halogens is 1. The van der Waals surface area contributed by atoms with Crippen molar-refractivity contribution in [3.05, 3.63) is 76.0 Å². The van der Waals surface area contributed by atoms with E-state index in [1.807, 2.05) is 31.2 Å². The summed E-state index contributed by atoms with van der Waals surface area (Å²) in [4.78, 5) is 12.4. The van der Waals surface area contributed by atoms with E-state index in [0.717, 1.165) is 5.75 Å². The van der Waals surface area contributed by atoms with E-state index >= 15 is 0 Å². The maximum Gasteiger partial charge on any atom is 0.258 e. The van der Waals surface area contributed by atoms with Crippen molar-refractivity contribution < 1.29 is 4.79 Å². The lowest BCUT2D eigenvalue weighted by molar-refractivity contribution is 0.0976. The van der Waals surface area contributed by atoms with Crippen LogP contribution in [-0.4, -0.2) is 25.9 Å². The largest absolute Gasteiger partial charge is 0.298 e. The molecular formula is C18H16BrN5OS2. The van der Waals surface area contributed by atoms with Crippen molar-refractivity contribution in [3.63, 3.8) is 0 Å². The van der Waals surface area contributed by atoms with E-state index in [1.165, 1.54) is 17.3 Å². The second-order valence-electron chi connectivity index (χ2n) is 5.51. The Hall–Kier alpha value is -2.23. The van der Waals surface area contributed by atoms with Gasteiger partial charge in [-0.1, -0.05) is 54.2 Å². The molecule has 27 heavy (non-hydrogen) atoms. The number of amides is 1. The van der Waals surface area contributed by atoms with Gasteiger partial charge in [-0.2, -0.15) is 0 Å². The lowest BCUT2D eigenvalue weighted by Gasteiger charge is -2.13. The molecule has 1 amide bonds. The van der Waals surface area contributed by atoms with Gasteiger partial charge in [0.25, 0.3) is 5.91 Å². The standard InChI is InChI=1S/C18H16BrN5OS2/c1-12-21-22-18(27-11-13-7-3-2-4-8-13)24(12)23-17(26)20-16(25)14-9-5-6-10-15(14)19/h2-10H,11H2,1H3,(H2,20,23,25,26). The molecule has 0 bridgehead atoms. The van der Waals surface area contributed by atoms with Gasteiger partial charge in [-0.25, -0.2) is 4.68 Å². The minimum absolute atomic E-state index is 0.167. The lowest BCUT2D eigenvalue weighted by Crippen LogP contribution is -2.38. The summed E-state index contributed by atoms with van der Waals surface area (Å²) in [6.45, 7) is 1.81. The topological polar surface area (TPSA) is 71.8 Å². The molecule has 138 valence electrons.